The van der Waals surface area contributed by atoms with Gasteiger partial charge in [0.05, 0.1) is 6.61 Å². The van der Waals surface area contributed by atoms with Crippen LogP contribution < -0.4 is 0 Å². The van der Waals surface area contributed by atoms with Crippen molar-refractivity contribution in [3.05, 3.63) is 0 Å². The summed E-state index contributed by atoms with van der Waals surface area (Å²) in [4.78, 5) is 0. The molecule has 24 heavy (non-hydrogen) atoms. The monoisotopic (exact) mass is 348 g/mol. The Bertz CT molecular complexity index is 301. The van der Waals surface area contributed by atoms with E-state index in [0.717, 1.165) is 6.42 Å². The summed E-state index contributed by atoms with van der Waals surface area (Å²) in [6, 6.07) is 0. The van der Waals surface area contributed by atoms with Gasteiger partial charge in [-0.25, -0.2) is 0 Å². The highest BCUT2D eigenvalue weighted by atomic mass is 16.7. The minimum absolute atomic E-state index is 0.245. The molecule has 1 aliphatic rings. The second-order valence-electron chi connectivity index (χ2n) is 6.24. The van der Waals surface area contributed by atoms with E-state index in [1.807, 2.05) is 0 Å². The van der Waals surface area contributed by atoms with Crippen LogP contribution in [0.2, 0.25) is 0 Å². The Morgan fingerprint density at radius 2 is 1.38 bits per heavy atom. The molecule has 0 saturated carbocycles. The molecule has 1 fully saturated rings. The fourth-order valence-electron chi connectivity index (χ4n) is 3.19. The van der Waals surface area contributed by atoms with Gasteiger partial charge in [0.2, 0.25) is 0 Å². The lowest BCUT2D eigenvalue weighted by molar-refractivity contribution is -0.313. The van der Waals surface area contributed by atoms with E-state index in [2.05, 4.69) is 6.92 Å². The second-order valence-corrected chi connectivity index (χ2v) is 6.24. The molecule has 1 heterocycles. The molecule has 0 bridgehead atoms. The Morgan fingerprint density at radius 3 is 1.96 bits per heavy atom. The third-order valence-electron chi connectivity index (χ3n) is 4.52. The highest BCUT2D eigenvalue weighted by Crippen LogP contribution is 2.28. The zero-order valence-corrected chi connectivity index (χ0v) is 16.0. The van der Waals surface area contributed by atoms with Gasteiger partial charge in [0, 0.05) is 35.0 Å². The minimum Gasteiger partial charge on any atom is -0.382 e. The highest BCUT2D eigenvalue weighted by molar-refractivity contribution is 4.92. The predicted octanol–water partition coefficient (Wildman–Crippen LogP) is 2.78. The van der Waals surface area contributed by atoms with Gasteiger partial charge in [0.15, 0.2) is 6.29 Å². The molecule has 0 spiro atoms. The highest BCUT2D eigenvalue weighted by Gasteiger charge is 2.47. The predicted molar refractivity (Wildman–Crippen MR) is 92.3 cm³/mol. The molecule has 6 nitrogen and oxygen atoms in total. The Balaban J connectivity index is 2.50. The van der Waals surface area contributed by atoms with Gasteiger partial charge in [-0.05, 0) is 6.42 Å². The first-order valence-electron chi connectivity index (χ1n) is 9.07. The van der Waals surface area contributed by atoms with Crippen molar-refractivity contribution in [2.75, 3.05) is 41.7 Å². The van der Waals surface area contributed by atoms with Crippen molar-refractivity contribution >= 4 is 0 Å². The molecule has 0 radical (unpaired) electrons. The molecule has 0 aromatic heterocycles. The van der Waals surface area contributed by atoms with E-state index >= 15 is 0 Å². The number of methoxy groups -OCH3 is 4. The Labute approximate surface area is 147 Å². The van der Waals surface area contributed by atoms with Crippen molar-refractivity contribution in [1.29, 1.82) is 0 Å². The van der Waals surface area contributed by atoms with Crippen LogP contribution >= 0.6 is 0 Å². The summed E-state index contributed by atoms with van der Waals surface area (Å²) in [5.41, 5.74) is 0. The Morgan fingerprint density at radius 1 is 0.750 bits per heavy atom. The van der Waals surface area contributed by atoms with Crippen LogP contribution in [0.3, 0.4) is 0 Å². The van der Waals surface area contributed by atoms with Crippen LogP contribution in [0.5, 0.6) is 0 Å². The maximum atomic E-state index is 6.03. The van der Waals surface area contributed by atoms with Crippen LogP contribution in [0.4, 0.5) is 0 Å². The van der Waals surface area contributed by atoms with Crippen molar-refractivity contribution < 1.29 is 28.4 Å². The zero-order valence-electron chi connectivity index (χ0n) is 16.0. The molecule has 1 aliphatic heterocycles. The van der Waals surface area contributed by atoms with Gasteiger partial charge in [0.25, 0.3) is 0 Å². The molecular weight excluding hydrogens is 312 g/mol. The van der Waals surface area contributed by atoms with Crippen molar-refractivity contribution in [2.24, 2.45) is 0 Å². The van der Waals surface area contributed by atoms with Gasteiger partial charge >= 0.3 is 0 Å². The second kappa shape index (κ2) is 13.0. The number of unbranched alkanes of at least 4 members (excludes halogenated alkanes) is 5. The Kier molecular flexibility index (Phi) is 11.8. The van der Waals surface area contributed by atoms with E-state index in [1.165, 1.54) is 32.1 Å². The van der Waals surface area contributed by atoms with Crippen LogP contribution in [0.15, 0.2) is 0 Å². The van der Waals surface area contributed by atoms with Gasteiger partial charge in [-0.15, -0.1) is 0 Å². The van der Waals surface area contributed by atoms with Gasteiger partial charge < -0.3 is 28.4 Å². The summed E-state index contributed by atoms with van der Waals surface area (Å²) in [5.74, 6) is 0. The summed E-state index contributed by atoms with van der Waals surface area (Å²) in [6.07, 6.45) is 5.79. The first kappa shape index (κ1) is 21.8. The van der Waals surface area contributed by atoms with Crippen LogP contribution in [0, 0.1) is 0 Å². The molecule has 144 valence electrons. The lowest BCUT2D eigenvalue weighted by atomic mass is 9.98. The van der Waals surface area contributed by atoms with E-state index < -0.39 is 6.29 Å². The van der Waals surface area contributed by atoms with Crippen molar-refractivity contribution in [2.45, 2.75) is 76.2 Å². The standard InChI is InChI=1S/C18H36O6/c1-6-7-8-9-10-11-12-23-18-17(22-5)16(21-4)15(20-3)14(24-18)13-19-2/h14-18H,6-13H2,1-5H3/t14-,15-,16+,17-,18-/m1/s1. The summed E-state index contributed by atoms with van der Waals surface area (Å²) in [7, 11) is 6.59. The van der Waals surface area contributed by atoms with Crippen LogP contribution in [0.25, 0.3) is 0 Å². The molecule has 0 unspecified atom stereocenters. The normalized spacial score (nSPS) is 30.6. The lowest BCUT2D eigenvalue weighted by Gasteiger charge is -2.44. The average Bonchev–Trinajstić information content (AvgIpc) is 2.60. The molecule has 0 aromatic carbocycles. The van der Waals surface area contributed by atoms with Gasteiger partial charge in [-0.2, -0.15) is 0 Å². The Hall–Kier alpha value is -0.240. The van der Waals surface area contributed by atoms with Crippen LogP contribution in [-0.2, 0) is 28.4 Å². The number of ether oxygens (including phenoxy) is 6. The maximum Gasteiger partial charge on any atom is 0.186 e. The lowest BCUT2D eigenvalue weighted by Crippen LogP contribution is -2.61. The number of hydrogen-bond acceptors (Lipinski definition) is 6. The number of hydrogen-bond donors (Lipinski definition) is 0. The first-order chi connectivity index (χ1) is 11.7. The average molecular weight is 348 g/mol. The van der Waals surface area contributed by atoms with Gasteiger partial charge in [0.1, 0.15) is 24.4 Å². The molecule has 6 heteroatoms. The summed E-state index contributed by atoms with van der Waals surface area (Å²) >= 11 is 0. The SMILES string of the molecule is CCCCCCCCO[C@@H]1O[C@H](COC)[C@@H](OC)[C@H](OC)[C@H]1OC. The molecule has 0 aliphatic carbocycles. The number of rotatable bonds is 13. The summed E-state index contributed by atoms with van der Waals surface area (Å²) in [5, 5.41) is 0. The fraction of sp³-hybridized carbons (Fsp3) is 1.00. The van der Waals surface area contributed by atoms with Gasteiger partial charge in [-0.3, -0.25) is 0 Å². The van der Waals surface area contributed by atoms with E-state index in [-0.39, 0.29) is 24.4 Å². The molecule has 0 N–H and O–H groups in total. The maximum absolute atomic E-state index is 6.03. The quantitative estimate of drug-likeness (QED) is 0.477. The summed E-state index contributed by atoms with van der Waals surface area (Å²) < 4.78 is 34.0. The topological polar surface area (TPSA) is 55.4 Å². The van der Waals surface area contributed by atoms with Crippen LogP contribution in [0.1, 0.15) is 45.4 Å². The molecule has 0 amide bonds. The van der Waals surface area contributed by atoms with Crippen LogP contribution in [-0.4, -0.2) is 72.4 Å². The molecule has 1 rings (SSSR count). The molecule has 0 aromatic rings. The molecular formula is C18H36O6. The van der Waals surface area contributed by atoms with E-state index in [4.69, 9.17) is 28.4 Å². The van der Waals surface area contributed by atoms with E-state index in [9.17, 15) is 0 Å². The van der Waals surface area contributed by atoms with Crippen molar-refractivity contribution in [1.82, 2.24) is 0 Å². The zero-order chi connectivity index (χ0) is 17.8. The first-order valence-corrected chi connectivity index (χ1v) is 9.07. The fourth-order valence-corrected chi connectivity index (χ4v) is 3.19. The molecule has 5 atom stereocenters. The third-order valence-corrected chi connectivity index (χ3v) is 4.52. The minimum atomic E-state index is -0.470. The van der Waals surface area contributed by atoms with E-state index in [1.54, 1.807) is 28.4 Å². The van der Waals surface area contributed by atoms with Crippen molar-refractivity contribution in [3.63, 3.8) is 0 Å². The van der Waals surface area contributed by atoms with Gasteiger partial charge in [-0.1, -0.05) is 39.0 Å². The largest absolute Gasteiger partial charge is 0.382 e. The van der Waals surface area contributed by atoms with Crippen molar-refractivity contribution in [3.8, 4) is 0 Å². The third kappa shape index (κ3) is 6.58. The summed E-state index contributed by atoms with van der Waals surface area (Å²) in [6.45, 7) is 3.31. The van der Waals surface area contributed by atoms with E-state index in [0.29, 0.717) is 13.2 Å². The molecule has 1 saturated heterocycles. The smallest absolute Gasteiger partial charge is 0.186 e.